The molecule has 40 heavy (non-hydrogen) atoms. The molecule has 3 aromatic carbocycles. The van der Waals surface area contributed by atoms with E-state index in [9.17, 15) is 24.8 Å². The molecule has 0 amide bonds. The quantitative estimate of drug-likeness (QED) is 0.192. The van der Waals surface area contributed by atoms with Crippen LogP contribution in [0.15, 0.2) is 87.2 Å². The highest BCUT2D eigenvalue weighted by Crippen LogP contribution is 2.43. The monoisotopic (exact) mass is 617 g/mol. The lowest BCUT2D eigenvalue weighted by Gasteiger charge is -2.18. The van der Waals surface area contributed by atoms with Gasteiger partial charge in [0.2, 0.25) is 0 Å². The second-order valence-corrected chi connectivity index (χ2v) is 11.2. The molecule has 1 aliphatic heterocycles. The summed E-state index contributed by atoms with van der Waals surface area (Å²) in [6.07, 6.45) is 2.16. The molecule has 0 fully saturated rings. The Morgan fingerprint density at radius 1 is 1.12 bits per heavy atom. The van der Waals surface area contributed by atoms with Gasteiger partial charge in [0.25, 0.3) is 11.2 Å². The Bertz CT molecular complexity index is 1860. The molecule has 10 nitrogen and oxygen atoms in total. The van der Waals surface area contributed by atoms with Crippen molar-refractivity contribution in [2.45, 2.75) is 24.0 Å². The number of aliphatic carboxylic acids is 1. The molecule has 3 heterocycles. The van der Waals surface area contributed by atoms with Crippen LogP contribution in [0.5, 0.6) is 0 Å². The van der Waals surface area contributed by atoms with Crippen LogP contribution in [-0.2, 0) is 17.8 Å². The number of carbonyl (C=O) groups is 1. The van der Waals surface area contributed by atoms with Gasteiger partial charge in [0.1, 0.15) is 11.7 Å². The summed E-state index contributed by atoms with van der Waals surface area (Å²) >= 11 is 4.83. The summed E-state index contributed by atoms with van der Waals surface area (Å²) in [4.78, 5) is 36.0. The van der Waals surface area contributed by atoms with E-state index in [1.807, 2.05) is 42.5 Å². The highest BCUT2D eigenvalue weighted by molar-refractivity contribution is 9.10. The molecule has 6 rings (SSSR count). The first-order valence-corrected chi connectivity index (χ1v) is 14.0. The number of rotatable bonds is 7. The van der Waals surface area contributed by atoms with E-state index in [0.717, 1.165) is 21.9 Å². The molecular weight excluding hydrogens is 598 g/mol. The van der Waals surface area contributed by atoms with Crippen molar-refractivity contribution in [1.29, 1.82) is 0 Å². The smallest absolute Gasteiger partial charge is 0.327 e. The first-order valence-electron chi connectivity index (χ1n) is 12.2. The number of carboxylic acids is 1. The third kappa shape index (κ3) is 4.58. The van der Waals surface area contributed by atoms with E-state index in [4.69, 9.17) is 0 Å². The SMILES string of the molecule is O=C(O)[C@@H]1CSc2c(-c3cn(Cc4ccc([N+](=O)[O-])cc4)nn3)c(Cc3cccc4ccccc34)c(Br)c(=O)n21. The predicted molar refractivity (Wildman–Crippen MR) is 154 cm³/mol. The first kappa shape index (κ1) is 26.0. The van der Waals surface area contributed by atoms with Crippen molar-refractivity contribution in [1.82, 2.24) is 19.6 Å². The minimum atomic E-state index is -1.07. The maximum absolute atomic E-state index is 13.5. The number of nitro groups is 1. The lowest BCUT2D eigenvalue weighted by molar-refractivity contribution is -0.384. The van der Waals surface area contributed by atoms with Gasteiger partial charge >= 0.3 is 5.97 Å². The predicted octanol–water partition coefficient (Wildman–Crippen LogP) is 5.30. The zero-order valence-corrected chi connectivity index (χ0v) is 23.1. The Morgan fingerprint density at radius 3 is 2.62 bits per heavy atom. The molecular formula is C28H20BrN5O5S. The van der Waals surface area contributed by atoms with E-state index in [1.54, 1.807) is 23.0 Å². The van der Waals surface area contributed by atoms with Gasteiger partial charge < -0.3 is 5.11 Å². The standard InChI is InChI=1S/C28H20BrN5O5S/c29-25-21(12-18-6-3-5-17-4-1-2-7-20(17)18)24(27-33(26(25)35)23(15-40-27)28(36)37)22-14-32(31-30-22)13-16-8-10-19(11-9-16)34(38)39/h1-11,14,23H,12-13,15H2,(H,36,37)/t23-/m0/s1. The number of nitrogens with zero attached hydrogens (tertiary/aromatic N) is 5. The minimum Gasteiger partial charge on any atom is -0.480 e. The Morgan fingerprint density at radius 2 is 1.88 bits per heavy atom. The highest BCUT2D eigenvalue weighted by atomic mass is 79.9. The van der Waals surface area contributed by atoms with Gasteiger partial charge in [-0.15, -0.1) is 16.9 Å². The van der Waals surface area contributed by atoms with Crippen LogP contribution in [0.3, 0.4) is 0 Å². The summed E-state index contributed by atoms with van der Waals surface area (Å²) in [6.45, 7) is 0.324. The van der Waals surface area contributed by atoms with Gasteiger partial charge in [0.15, 0.2) is 0 Å². The van der Waals surface area contributed by atoms with Crippen molar-refractivity contribution in [2.24, 2.45) is 0 Å². The van der Waals surface area contributed by atoms with Crippen LogP contribution >= 0.6 is 27.7 Å². The number of fused-ring (bicyclic) bond motifs is 2. The van der Waals surface area contributed by atoms with Crippen LogP contribution in [-0.4, -0.2) is 41.3 Å². The number of halogens is 1. The van der Waals surface area contributed by atoms with E-state index in [1.165, 1.54) is 28.5 Å². The van der Waals surface area contributed by atoms with Gasteiger partial charge in [-0.25, -0.2) is 9.48 Å². The zero-order chi connectivity index (χ0) is 28.0. The Kier molecular flexibility index (Phi) is 6.72. The fourth-order valence-electron chi connectivity index (χ4n) is 4.99. The fourth-order valence-corrected chi connectivity index (χ4v) is 6.85. The number of nitro benzene ring substituents is 1. The molecule has 12 heteroatoms. The minimum absolute atomic E-state index is 0.00116. The number of aromatic nitrogens is 4. The van der Waals surface area contributed by atoms with Gasteiger partial charge in [-0.3, -0.25) is 19.5 Å². The molecule has 0 spiro atoms. The van der Waals surface area contributed by atoms with Gasteiger partial charge in [-0.1, -0.05) is 59.8 Å². The van der Waals surface area contributed by atoms with Crippen molar-refractivity contribution in [3.63, 3.8) is 0 Å². The van der Waals surface area contributed by atoms with E-state index in [0.29, 0.717) is 34.8 Å². The highest BCUT2D eigenvalue weighted by Gasteiger charge is 2.35. The summed E-state index contributed by atoms with van der Waals surface area (Å²) in [5, 5.41) is 32.2. The van der Waals surface area contributed by atoms with Crippen LogP contribution < -0.4 is 5.56 Å². The Balaban J connectivity index is 1.48. The maximum Gasteiger partial charge on any atom is 0.327 e. The summed E-state index contributed by atoms with van der Waals surface area (Å²) in [5.74, 6) is -0.853. The summed E-state index contributed by atoms with van der Waals surface area (Å²) in [5.41, 5.74) is 3.28. The lowest BCUT2D eigenvalue weighted by Crippen LogP contribution is -2.30. The molecule has 0 bridgehead atoms. The molecule has 0 saturated heterocycles. The van der Waals surface area contributed by atoms with Crippen LogP contribution in [0.1, 0.15) is 22.7 Å². The van der Waals surface area contributed by atoms with Gasteiger partial charge in [-0.05, 0) is 43.4 Å². The van der Waals surface area contributed by atoms with Crippen LogP contribution in [0.4, 0.5) is 5.69 Å². The van der Waals surface area contributed by atoms with Gasteiger partial charge in [-0.2, -0.15) is 0 Å². The molecule has 0 aliphatic carbocycles. The van der Waals surface area contributed by atoms with Crippen molar-refractivity contribution in [3.05, 3.63) is 115 Å². The second kappa shape index (κ2) is 10.4. The number of pyridine rings is 1. The van der Waals surface area contributed by atoms with Crippen LogP contribution in [0.25, 0.3) is 22.0 Å². The Labute approximate surface area is 239 Å². The van der Waals surface area contributed by atoms with E-state index in [2.05, 4.69) is 26.2 Å². The zero-order valence-electron chi connectivity index (χ0n) is 20.7. The fraction of sp³-hybridized carbons (Fsp3) is 0.143. The third-order valence-corrected chi connectivity index (χ3v) is 8.89. The lowest BCUT2D eigenvalue weighted by atomic mass is 9.95. The van der Waals surface area contributed by atoms with Crippen molar-refractivity contribution >= 4 is 50.1 Å². The van der Waals surface area contributed by atoms with E-state index < -0.39 is 22.5 Å². The number of hydrogen-bond donors (Lipinski definition) is 1. The maximum atomic E-state index is 13.5. The van der Waals surface area contributed by atoms with E-state index in [-0.39, 0.29) is 15.9 Å². The largest absolute Gasteiger partial charge is 0.480 e. The first-order chi connectivity index (χ1) is 19.3. The molecule has 5 aromatic rings. The number of hydrogen-bond acceptors (Lipinski definition) is 7. The third-order valence-electron chi connectivity index (χ3n) is 6.91. The molecule has 0 radical (unpaired) electrons. The number of carboxylic acid groups (broad SMARTS) is 1. The summed E-state index contributed by atoms with van der Waals surface area (Å²) < 4.78 is 3.23. The molecule has 1 atom stereocenters. The molecule has 200 valence electrons. The molecule has 2 aromatic heterocycles. The van der Waals surface area contributed by atoms with Crippen LogP contribution in [0.2, 0.25) is 0 Å². The van der Waals surface area contributed by atoms with Gasteiger partial charge in [0.05, 0.1) is 27.2 Å². The number of benzene rings is 3. The van der Waals surface area contributed by atoms with Crippen molar-refractivity contribution in [2.75, 3.05) is 5.75 Å². The van der Waals surface area contributed by atoms with Gasteiger partial charge in [0, 0.05) is 29.9 Å². The van der Waals surface area contributed by atoms with Crippen molar-refractivity contribution < 1.29 is 14.8 Å². The number of thioether (sulfide) groups is 1. The Hall–Kier alpha value is -4.29. The summed E-state index contributed by atoms with van der Waals surface area (Å²) in [6, 6.07) is 19.2. The second-order valence-electron chi connectivity index (χ2n) is 9.35. The number of non-ortho nitro benzene ring substituents is 1. The van der Waals surface area contributed by atoms with E-state index >= 15 is 0 Å². The molecule has 0 unspecified atom stereocenters. The summed E-state index contributed by atoms with van der Waals surface area (Å²) in [7, 11) is 0. The molecule has 1 N–H and O–H groups in total. The van der Waals surface area contributed by atoms with Crippen molar-refractivity contribution in [3.8, 4) is 11.3 Å². The molecule has 0 saturated carbocycles. The average Bonchev–Trinajstić information content (AvgIpc) is 3.60. The topological polar surface area (TPSA) is 133 Å². The average molecular weight is 618 g/mol. The van der Waals surface area contributed by atoms with Crippen LogP contribution in [0, 0.1) is 10.1 Å². The molecule has 1 aliphatic rings. The normalized spacial score (nSPS) is 14.4.